The van der Waals surface area contributed by atoms with Crippen molar-refractivity contribution in [2.45, 2.75) is 52.6 Å². The Hall–Kier alpha value is -1.95. The van der Waals surface area contributed by atoms with Crippen LogP contribution in [-0.2, 0) is 17.9 Å². The predicted octanol–water partition coefficient (Wildman–Crippen LogP) is 3.97. The van der Waals surface area contributed by atoms with Gasteiger partial charge in [-0.2, -0.15) is 0 Å². The lowest BCUT2D eigenvalue weighted by atomic mass is 10.1. The number of thiazole rings is 1. The van der Waals surface area contributed by atoms with Gasteiger partial charge in [0.05, 0.1) is 0 Å². The van der Waals surface area contributed by atoms with E-state index in [9.17, 15) is 14.0 Å². The zero-order valence-corrected chi connectivity index (χ0v) is 15.7. The van der Waals surface area contributed by atoms with Crippen molar-refractivity contribution in [2.24, 2.45) is 0 Å². The second-order valence-electron chi connectivity index (χ2n) is 6.19. The molecule has 25 heavy (non-hydrogen) atoms. The van der Waals surface area contributed by atoms with E-state index in [0.717, 1.165) is 41.9 Å². The Morgan fingerprint density at radius 3 is 2.56 bits per heavy atom. The van der Waals surface area contributed by atoms with Crippen LogP contribution in [0.15, 0.2) is 34.4 Å². The van der Waals surface area contributed by atoms with E-state index in [1.807, 2.05) is 17.2 Å². The molecule has 1 aromatic heterocycles. The van der Waals surface area contributed by atoms with Gasteiger partial charge in [0, 0.05) is 37.1 Å². The maximum Gasteiger partial charge on any atom is 0.307 e. The fourth-order valence-corrected chi connectivity index (χ4v) is 3.46. The monoisotopic (exact) mass is 364 g/mol. The highest BCUT2D eigenvalue weighted by atomic mass is 32.1. The topological polar surface area (TPSA) is 42.3 Å². The van der Waals surface area contributed by atoms with Gasteiger partial charge in [0.25, 0.3) is 0 Å². The van der Waals surface area contributed by atoms with E-state index < -0.39 is 0 Å². The number of benzene rings is 1. The third kappa shape index (κ3) is 5.81. The Balaban J connectivity index is 2.01. The molecule has 0 aliphatic heterocycles. The van der Waals surface area contributed by atoms with E-state index in [0.29, 0.717) is 26.1 Å². The van der Waals surface area contributed by atoms with E-state index in [-0.39, 0.29) is 16.6 Å². The summed E-state index contributed by atoms with van der Waals surface area (Å²) >= 11 is 1.16. The molecule has 0 spiro atoms. The second kappa shape index (κ2) is 9.51. The molecule has 0 aliphatic carbocycles. The molecule has 1 heterocycles. The zero-order chi connectivity index (χ0) is 18.2. The van der Waals surface area contributed by atoms with Gasteiger partial charge in [-0.15, -0.1) is 0 Å². The highest BCUT2D eigenvalue weighted by molar-refractivity contribution is 7.07. The third-order valence-electron chi connectivity index (χ3n) is 4.20. The average molecular weight is 364 g/mol. The van der Waals surface area contributed by atoms with Crippen LogP contribution in [-0.4, -0.2) is 21.9 Å². The normalized spacial score (nSPS) is 10.8. The van der Waals surface area contributed by atoms with Crippen LogP contribution >= 0.6 is 11.3 Å². The summed E-state index contributed by atoms with van der Waals surface area (Å²) in [5, 5.41) is 1.81. The summed E-state index contributed by atoms with van der Waals surface area (Å²) in [7, 11) is 0. The predicted molar refractivity (Wildman–Crippen MR) is 99.3 cm³/mol. The lowest BCUT2D eigenvalue weighted by molar-refractivity contribution is -0.132. The smallest absolute Gasteiger partial charge is 0.307 e. The van der Waals surface area contributed by atoms with E-state index in [1.165, 1.54) is 12.1 Å². The minimum absolute atomic E-state index is 0.0259. The summed E-state index contributed by atoms with van der Waals surface area (Å²) in [6.45, 7) is 5.56. The van der Waals surface area contributed by atoms with E-state index in [1.54, 1.807) is 16.7 Å². The van der Waals surface area contributed by atoms with Crippen LogP contribution in [0.4, 0.5) is 4.39 Å². The van der Waals surface area contributed by atoms with Crippen LogP contribution < -0.4 is 4.87 Å². The lowest BCUT2D eigenvalue weighted by Crippen LogP contribution is -2.33. The maximum atomic E-state index is 13.1. The molecule has 0 unspecified atom stereocenters. The van der Waals surface area contributed by atoms with Crippen molar-refractivity contribution in [1.82, 2.24) is 9.47 Å². The number of halogens is 1. The van der Waals surface area contributed by atoms with Gasteiger partial charge >= 0.3 is 4.87 Å². The van der Waals surface area contributed by atoms with Crippen molar-refractivity contribution in [2.75, 3.05) is 6.54 Å². The average Bonchev–Trinajstić information content (AvgIpc) is 2.92. The summed E-state index contributed by atoms with van der Waals surface area (Å²) in [5.41, 5.74) is 1.80. The molecule has 0 saturated carbocycles. The Labute approximate surface area is 151 Å². The van der Waals surface area contributed by atoms with Crippen LogP contribution in [0.2, 0.25) is 0 Å². The molecule has 4 nitrogen and oxygen atoms in total. The molecule has 1 aromatic carbocycles. The van der Waals surface area contributed by atoms with Crippen molar-refractivity contribution in [3.8, 4) is 0 Å². The number of carbonyl (C=O) groups excluding carboxylic acids is 1. The zero-order valence-electron chi connectivity index (χ0n) is 14.8. The van der Waals surface area contributed by atoms with Crippen molar-refractivity contribution >= 4 is 17.2 Å². The third-order valence-corrected chi connectivity index (χ3v) is 5.08. The van der Waals surface area contributed by atoms with Gasteiger partial charge in [0.15, 0.2) is 0 Å². The Morgan fingerprint density at radius 1 is 1.24 bits per heavy atom. The Bertz CT molecular complexity index is 737. The number of amides is 1. The molecule has 0 fully saturated rings. The van der Waals surface area contributed by atoms with Gasteiger partial charge < -0.3 is 9.47 Å². The van der Waals surface area contributed by atoms with Crippen LogP contribution in [0.25, 0.3) is 0 Å². The van der Waals surface area contributed by atoms with Crippen LogP contribution in [0, 0.1) is 12.7 Å². The van der Waals surface area contributed by atoms with Crippen molar-refractivity contribution in [3.63, 3.8) is 0 Å². The molecule has 0 radical (unpaired) electrons. The molecular weight excluding hydrogens is 339 g/mol. The standard InChI is InChI=1S/C19H25FN2O2S/c1-3-4-5-11-21(13-16-6-8-17(20)9-7-16)18(23)10-12-22-15(2)14-25-19(22)24/h6-9,14H,3-5,10-13H2,1-2H3. The number of nitrogens with zero attached hydrogens (tertiary/aromatic N) is 2. The van der Waals surface area contributed by atoms with E-state index >= 15 is 0 Å². The van der Waals surface area contributed by atoms with Gasteiger partial charge in [-0.05, 0) is 31.0 Å². The minimum atomic E-state index is -0.278. The first-order chi connectivity index (χ1) is 12.0. The number of unbranched alkanes of at least 4 members (excludes halogenated alkanes) is 2. The fourth-order valence-electron chi connectivity index (χ4n) is 2.69. The molecule has 0 atom stereocenters. The highest BCUT2D eigenvalue weighted by Crippen LogP contribution is 2.11. The van der Waals surface area contributed by atoms with Gasteiger partial charge in [0.2, 0.25) is 5.91 Å². The van der Waals surface area contributed by atoms with Crippen LogP contribution in [0.3, 0.4) is 0 Å². The van der Waals surface area contributed by atoms with Crippen LogP contribution in [0.1, 0.15) is 43.9 Å². The SMILES string of the molecule is CCCCCN(Cc1ccc(F)cc1)C(=O)CCn1c(C)csc1=O. The summed E-state index contributed by atoms with van der Waals surface area (Å²) in [4.78, 5) is 26.2. The minimum Gasteiger partial charge on any atom is -0.338 e. The first-order valence-electron chi connectivity index (χ1n) is 8.68. The molecule has 2 rings (SSSR count). The molecule has 0 N–H and O–H groups in total. The number of aryl methyl sites for hydroxylation is 1. The maximum absolute atomic E-state index is 13.1. The van der Waals surface area contributed by atoms with Crippen LogP contribution in [0.5, 0.6) is 0 Å². The van der Waals surface area contributed by atoms with Crippen molar-refractivity contribution < 1.29 is 9.18 Å². The molecule has 6 heteroatoms. The number of hydrogen-bond acceptors (Lipinski definition) is 3. The number of rotatable bonds is 9. The molecule has 0 bridgehead atoms. The summed E-state index contributed by atoms with van der Waals surface area (Å²) in [6.07, 6.45) is 3.39. The lowest BCUT2D eigenvalue weighted by Gasteiger charge is -2.23. The number of hydrogen-bond donors (Lipinski definition) is 0. The molecule has 1 amide bonds. The first kappa shape index (κ1) is 19.4. The van der Waals surface area contributed by atoms with E-state index in [2.05, 4.69) is 6.92 Å². The quantitative estimate of drug-likeness (QED) is 0.632. The molecule has 0 saturated heterocycles. The Morgan fingerprint density at radius 2 is 1.96 bits per heavy atom. The van der Waals surface area contributed by atoms with Crippen molar-refractivity contribution in [1.29, 1.82) is 0 Å². The van der Waals surface area contributed by atoms with Gasteiger partial charge in [-0.1, -0.05) is 43.2 Å². The summed E-state index contributed by atoms with van der Waals surface area (Å²) in [5.74, 6) is -0.252. The first-order valence-corrected chi connectivity index (χ1v) is 9.56. The summed E-state index contributed by atoms with van der Waals surface area (Å²) < 4.78 is 14.7. The Kier molecular flexibility index (Phi) is 7.37. The largest absolute Gasteiger partial charge is 0.338 e. The molecule has 0 aliphatic rings. The van der Waals surface area contributed by atoms with Gasteiger partial charge in [0.1, 0.15) is 5.82 Å². The molecule has 2 aromatic rings. The van der Waals surface area contributed by atoms with Gasteiger partial charge in [-0.3, -0.25) is 9.59 Å². The number of carbonyl (C=O) groups is 1. The second-order valence-corrected chi connectivity index (χ2v) is 7.01. The molecular formula is C19H25FN2O2S. The highest BCUT2D eigenvalue weighted by Gasteiger charge is 2.15. The van der Waals surface area contributed by atoms with Gasteiger partial charge in [-0.25, -0.2) is 4.39 Å². The fraction of sp³-hybridized carbons (Fsp3) is 0.474. The van der Waals surface area contributed by atoms with Crippen molar-refractivity contribution in [3.05, 3.63) is 56.4 Å². The van der Waals surface area contributed by atoms with E-state index in [4.69, 9.17) is 0 Å². The molecule has 136 valence electrons. The number of aromatic nitrogens is 1. The summed E-state index contributed by atoms with van der Waals surface area (Å²) in [6, 6.07) is 6.25.